The summed E-state index contributed by atoms with van der Waals surface area (Å²) in [6.45, 7) is 0. The lowest BCUT2D eigenvalue weighted by Gasteiger charge is -2.15. The van der Waals surface area contributed by atoms with Gasteiger partial charge in [-0.2, -0.15) is 0 Å². The van der Waals surface area contributed by atoms with Gasteiger partial charge in [-0.15, -0.1) is 0 Å². The van der Waals surface area contributed by atoms with Gasteiger partial charge in [0.1, 0.15) is 5.75 Å². The van der Waals surface area contributed by atoms with Crippen molar-refractivity contribution in [1.82, 2.24) is 0 Å². The van der Waals surface area contributed by atoms with Crippen LogP contribution in [-0.4, -0.2) is 7.11 Å². The van der Waals surface area contributed by atoms with E-state index in [1.807, 2.05) is 18.2 Å². The first-order valence-corrected chi connectivity index (χ1v) is 6.17. The highest BCUT2D eigenvalue weighted by Crippen LogP contribution is 2.37. The Morgan fingerprint density at radius 1 is 1.50 bits per heavy atom. The topological polar surface area (TPSA) is 35.2 Å². The highest BCUT2D eigenvalue weighted by atomic mass is 35.5. The molecule has 1 aliphatic carbocycles. The van der Waals surface area contributed by atoms with Crippen LogP contribution >= 0.6 is 11.6 Å². The van der Waals surface area contributed by atoms with Gasteiger partial charge in [-0.25, -0.2) is 0 Å². The molecule has 0 saturated heterocycles. The molecule has 1 aromatic rings. The van der Waals surface area contributed by atoms with Crippen molar-refractivity contribution >= 4 is 11.6 Å². The predicted molar refractivity (Wildman–Crippen MR) is 66.9 cm³/mol. The molecule has 3 heteroatoms. The van der Waals surface area contributed by atoms with Crippen molar-refractivity contribution in [3.8, 4) is 5.75 Å². The van der Waals surface area contributed by atoms with Gasteiger partial charge in [-0.3, -0.25) is 0 Å². The zero-order chi connectivity index (χ0) is 11.5. The maximum absolute atomic E-state index is 6.17. The summed E-state index contributed by atoms with van der Waals surface area (Å²) in [5.41, 5.74) is 7.24. The van der Waals surface area contributed by atoms with E-state index in [9.17, 15) is 0 Å². The summed E-state index contributed by atoms with van der Waals surface area (Å²) in [5, 5.41) is 0.690. The lowest BCUT2D eigenvalue weighted by molar-refractivity contribution is 0.403. The van der Waals surface area contributed by atoms with Crippen LogP contribution in [0.25, 0.3) is 0 Å². The minimum Gasteiger partial charge on any atom is -0.496 e. The average molecular weight is 240 g/mol. The summed E-state index contributed by atoms with van der Waals surface area (Å²) < 4.78 is 5.31. The third-order valence-corrected chi connectivity index (χ3v) is 3.41. The fourth-order valence-corrected chi connectivity index (χ4v) is 2.13. The summed E-state index contributed by atoms with van der Waals surface area (Å²) in [4.78, 5) is 0. The molecule has 0 bridgehead atoms. The Morgan fingerprint density at radius 2 is 2.25 bits per heavy atom. The van der Waals surface area contributed by atoms with Gasteiger partial charge in [0.15, 0.2) is 0 Å². The molecule has 16 heavy (non-hydrogen) atoms. The Balaban J connectivity index is 2.04. The minimum atomic E-state index is 0.0628. The normalized spacial score (nSPS) is 17.2. The van der Waals surface area contributed by atoms with Crippen molar-refractivity contribution in [2.45, 2.75) is 31.7 Å². The van der Waals surface area contributed by atoms with Crippen LogP contribution in [0.5, 0.6) is 5.75 Å². The molecule has 0 heterocycles. The Hall–Kier alpha value is -0.730. The Morgan fingerprint density at radius 3 is 2.88 bits per heavy atom. The largest absolute Gasteiger partial charge is 0.496 e. The van der Waals surface area contributed by atoms with Crippen molar-refractivity contribution in [2.24, 2.45) is 11.7 Å². The van der Waals surface area contributed by atoms with Gasteiger partial charge in [-0.05, 0) is 30.9 Å². The van der Waals surface area contributed by atoms with Crippen LogP contribution in [-0.2, 0) is 0 Å². The smallest absolute Gasteiger partial charge is 0.125 e. The van der Waals surface area contributed by atoms with Crippen molar-refractivity contribution in [2.75, 3.05) is 7.11 Å². The SMILES string of the molecule is COc1cc(Cl)ccc1C(N)CCC1CC1. The van der Waals surface area contributed by atoms with Crippen LogP contribution in [0.15, 0.2) is 18.2 Å². The first-order chi connectivity index (χ1) is 7.70. The van der Waals surface area contributed by atoms with E-state index in [1.54, 1.807) is 7.11 Å². The van der Waals surface area contributed by atoms with Crippen LogP contribution in [0.4, 0.5) is 0 Å². The van der Waals surface area contributed by atoms with Crippen LogP contribution in [0.3, 0.4) is 0 Å². The molecule has 1 unspecified atom stereocenters. The van der Waals surface area contributed by atoms with E-state index < -0.39 is 0 Å². The minimum absolute atomic E-state index is 0.0628. The number of halogens is 1. The summed E-state index contributed by atoms with van der Waals surface area (Å²) in [6.07, 6.45) is 5.02. The predicted octanol–water partition coefficient (Wildman–Crippen LogP) is 3.54. The van der Waals surface area contributed by atoms with Crippen molar-refractivity contribution in [3.05, 3.63) is 28.8 Å². The van der Waals surface area contributed by atoms with Crippen LogP contribution < -0.4 is 10.5 Å². The molecule has 1 aliphatic rings. The van der Waals surface area contributed by atoms with Crippen molar-refractivity contribution < 1.29 is 4.74 Å². The lowest BCUT2D eigenvalue weighted by atomic mass is 10.0. The summed E-state index contributed by atoms with van der Waals surface area (Å²) in [6, 6.07) is 5.73. The zero-order valence-corrected chi connectivity index (χ0v) is 10.3. The molecule has 2 nitrogen and oxygen atoms in total. The summed E-state index contributed by atoms with van der Waals surface area (Å²) in [5.74, 6) is 1.72. The van der Waals surface area contributed by atoms with Crippen LogP contribution in [0.1, 0.15) is 37.3 Å². The number of ether oxygens (including phenoxy) is 1. The molecular formula is C13H18ClNO. The van der Waals surface area contributed by atoms with E-state index in [0.29, 0.717) is 5.02 Å². The van der Waals surface area contributed by atoms with Gasteiger partial charge in [0.25, 0.3) is 0 Å². The van der Waals surface area contributed by atoms with E-state index in [2.05, 4.69) is 0 Å². The van der Waals surface area contributed by atoms with E-state index >= 15 is 0 Å². The Bertz CT molecular complexity index is 363. The molecule has 2 N–H and O–H groups in total. The van der Waals surface area contributed by atoms with E-state index in [0.717, 1.165) is 23.7 Å². The van der Waals surface area contributed by atoms with Gasteiger partial charge >= 0.3 is 0 Å². The molecule has 1 aromatic carbocycles. The molecular weight excluding hydrogens is 222 g/mol. The second-order valence-electron chi connectivity index (χ2n) is 4.51. The second-order valence-corrected chi connectivity index (χ2v) is 4.95. The molecule has 0 radical (unpaired) electrons. The highest BCUT2D eigenvalue weighted by Gasteiger charge is 2.22. The van der Waals surface area contributed by atoms with Gasteiger partial charge in [0.05, 0.1) is 7.11 Å². The molecule has 1 atom stereocenters. The number of hydrogen-bond donors (Lipinski definition) is 1. The molecule has 0 aliphatic heterocycles. The van der Waals surface area contributed by atoms with Gasteiger partial charge < -0.3 is 10.5 Å². The maximum atomic E-state index is 6.17. The molecule has 2 rings (SSSR count). The monoisotopic (exact) mass is 239 g/mol. The standard InChI is InChI=1S/C13H18ClNO/c1-16-13-8-10(14)5-6-11(13)12(15)7-4-9-2-3-9/h5-6,8-9,12H,2-4,7,15H2,1H3. The molecule has 1 saturated carbocycles. The molecule has 1 fully saturated rings. The zero-order valence-electron chi connectivity index (χ0n) is 9.58. The molecule has 0 spiro atoms. The van der Waals surface area contributed by atoms with E-state index in [1.165, 1.54) is 19.3 Å². The number of nitrogens with two attached hydrogens (primary N) is 1. The average Bonchev–Trinajstić information content (AvgIpc) is 3.09. The molecule has 88 valence electrons. The molecule has 0 amide bonds. The summed E-state index contributed by atoms with van der Waals surface area (Å²) >= 11 is 5.92. The van der Waals surface area contributed by atoms with Crippen molar-refractivity contribution in [3.63, 3.8) is 0 Å². The first-order valence-electron chi connectivity index (χ1n) is 5.79. The fraction of sp³-hybridized carbons (Fsp3) is 0.538. The number of benzene rings is 1. The Labute approximate surface area is 102 Å². The third kappa shape index (κ3) is 2.89. The highest BCUT2D eigenvalue weighted by molar-refractivity contribution is 6.30. The van der Waals surface area contributed by atoms with Crippen LogP contribution in [0, 0.1) is 5.92 Å². The van der Waals surface area contributed by atoms with Gasteiger partial charge in [-0.1, -0.05) is 30.5 Å². The Kier molecular flexibility index (Phi) is 3.72. The lowest BCUT2D eigenvalue weighted by Crippen LogP contribution is -2.11. The number of hydrogen-bond acceptors (Lipinski definition) is 2. The fourth-order valence-electron chi connectivity index (χ4n) is 1.97. The van der Waals surface area contributed by atoms with Crippen molar-refractivity contribution in [1.29, 1.82) is 0 Å². The third-order valence-electron chi connectivity index (χ3n) is 3.18. The summed E-state index contributed by atoms with van der Waals surface area (Å²) in [7, 11) is 1.66. The molecule has 0 aromatic heterocycles. The van der Waals surface area contributed by atoms with E-state index in [-0.39, 0.29) is 6.04 Å². The van der Waals surface area contributed by atoms with Gasteiger partial charge in [0, 0.05) is 16.6 Å². The second kappa shape index (κ2) is 5.07. The van der Waals surface area contributed by atoms with Gasteiger partial charge in [0.2, 0.25) is 0 Å². The number of methoxy groups -OCH3 is 1. The first kappa shape index (κ1) is 11.7. The quantitative estimate of drug-likeness (QED) is 0.853. The maximum Gasteiger partial charge on any atom is 0.125 e. The number of rotatable bonds is 5. The van der Waals surface area contributed by atoms with Crippen LogP contribution in [0.2, 0.25) is 5.02 Å². The van der Waals surface area contributed by atoms with E-state index in [4.69, 9.17) is 22.1 Å².